The van der Waals surface area contributed by atoms with E-state index in [-0.39, 0.29) is 0 Å². The topological polar surface area (TPSA) is 53.4 Å². The maximum Gasteiger partial charge on any atom is 0.416 e. The fourth-order valence-corrected chi connectivity index (χ4v) is 2.61. The van der Waals surface area contributed by atoms with Gasteiger partial charge in [0.25, 0.3) is 5.91 Å². The molecule has 3 rings (SSSR count). The molecule has 1 aliphatic carbocycles. The van der Waals surface area contributed by atoms with Crippen LogP contribution in [0.4, 0.5) is 13.2 Å². The fourth-order valence-electron chi connectivity index (χ4n) is 2.61. The molecule has 1 aromatic heterocycles. The van der Waals surface area contributed by atoms with Gasteiger partial charge in [-0.15, -0.1) is 0 Å². The van der Waals surface area contributed by atoms with Crippen LogP contribution in [0.5, 0.6) is 0 Å². The summed E-state index contributed by atoms with van der Waals surface area (Å²) in [5.41, 5.74) is 1.76. The van der Waals surface area contributed by atoms with Crippen LogP contribution in [0.3, 0.4) is 0 Å². The number of hydrogen-bond donors (Lipinski definition) is 1. The molecule has 2 aromatic rings. The van der Waals surface area contributed by atoms with Crippen molar-refractivity contribution in [3.63, 3.8) is 0 Å². The minimum Gasteiger partial charge on any atom is -0.382 e. The molecule has 1 heterocycles. The first kappa shape index (κ1) is 16.7. The summed E-state index contributed by atoms with van der Waals surface area (Å²) in [4.78, 5) is 18.1. The van der Waals surface area contributed by atoms with Crippen molar-refractivity contribution in [2.45, 2.75) is 31.0 Å². The Kier molecular flexibility index (Phi) is 4.21. The second kappa shape index (κ2) is 6.05. The molecule has 1 aliphatic rings. The van der Waals surface area contributed by atoms with Gasteiger partial charge in [-0.3, -0.25) is 9.78 Å². The number of para-hydroxylation sites is 1. The number of aromatic nitrogens is 1. The Balaban J connectivity index is 1.94. The number of halogens is 3. The van der Waals surface area contributed by atoms with Crippen LogP contribution in [-0.4, -0.2) is 46.8 Å². The lowest BCUT2D eigenvalue weighted by atomic mass is 10.0. The Morgan fingerprint density at radius 3 is 2.67 bits per heavy atom. The third kappa shape index (κ3) is 3.36. The number of nitrogens with zero attached hydrogens (tertiary/aromatic N) is 2. The predicted molar refractivity (Wildman–Crippen MR) is 82.7 cm³/mol. The number of aliphatic hydroxyl groups excluding tert-OH is 1. The number of amides is 1. The zero-order chi connectivity index (χ0) is 17.5. The van der Waals surface area contributed by atoms with Crippen LogP contribution in [0.15, 0.2) is 30.3 Å². The second-order valence-electron chi connectivity index (χ2n) is 6.13. The smallest absolute Gasteiger partial charge is 0.382 e. The predicted octanol–water partition coefficient (Wildman–Crippen LogP) is 3.11. The summed E-state index contributed by atoms with van der Waals surface area (Å²) in [6, 6.07) is 8.72. The Labute approximate surface area is 136 Å². The minimum absolute atomic E-state index is 0.312. The third-order valence-corrected chi connectivity index (χ3v) is 4.13. The van der Waals surface area contributed by atoms with E-state index in [0.717, 1.165) is 23.4 Å². The number of carbonyl (C=O) groups excluding carboxylic acids is 1. The summed E-state index contributed by atoms with van der Waals surface area (Å²) < 4.78 is 37.5. The van der Waals surface area contributed by atoms with Gasteiger partial charge in [-0.25, -0.2) is 0 Å². The van der Waals surface area contributed by atoms with Crippen molar-refractivity contribution in [3.8, 4) is 0 Å². The first-order valence-electron chi connectivity index (χ1n) is 7.67. The molecule has 128 valence electrons. The Morgan fingerprint density at radius 2 is 2.04 bits per heavy atom. The molecular weight excluding hydrogens is 321 g/mol. The van der Waals surface area contributed by atoms with Gasteiger partial charge in [0.05, 0.1) is 17.6 Å². The lowest BCUT2D eigenvalue weighted by molar-refractivity contribution is -0.205. The molecule has 24 heavy (non-hydrogen) atoms. The van der Waals surface area contributed by atoms with Gasteiger partial charge in [0.2, 0.25) is 0 Å². The van der Waals surface area contributed by atoms with E-state index in [9.17, 15) is 23.1 Å². The van der Waals surface area contributed by atoms with E-state index in [1.807, 2.05) is 0 Å². The van der Waals surface area contributed by atoms with Crippen molar-refractivity contribution in [1.29, 1.82) is 0 Å². The maximum absolute atomic E-state index is 12.6. The first-order valence-corrected chi connectivity index (χ1v) is 7.67. The highest BCUT2D eigenvalue weighted by Crippen LogP contribution is 2.40. The molecule has 0 radical (unpaired) electrons. The van der Waals surface area contributed by atoms with E-state index in [1.165, 1.54) is 7.05 Å². The van der Waals surface area contributed by atoms with Gasteiger partial charge in [-0.05, 0) is 25.0 Å². The number of benzene rings is 1. The molecule has 1 atom stereocenters. The van der Waals surface area contributed by atoms with Gasteiger partial charge in [0, 0.05) is 24.0 Å². The summed E-state index contributed by atoms with van der Waals surface area (Å²) in [6.07, 6.45) is -5.32. The highest BCUT2D eigenvalue weighted by Gasteiger charge is 2.39. The molecule has 1 amide bonds. The lowest BCUT2D eigenvalue weighted by Crippen LogP contribution is -2.41. The number of alkyl halides is 3. The van der Waals surface area contributed by atoms with E-state index < -0.39 is 24.7 Å². The van der Waals surface area contributed by atoms with Crippen LogP contribution < -0.4 is 0 Å². The molecule has 1 unspecified atom stereocenters. The molecule has 4 nitrogen and oxygen atoms in total. The average molecular weight is 338 g/mol. The van der Waals surface area contributed by atoms with Crippen molar-refractivity contribution in [2.75, 3.05) is 13.6 Å². The number of likely N-dealkylation sites (N-methyl/N-ethyl adjacent to an activating group) is 1. The summed E-state index contributed by atoms with van der Waals surface area (Å²) >= 11 is 0. The van der Waals surface area contributed by atoms with Crippen molar-refractivity contribution >= 4 is 16.8 Å². The van der Waals surface area contributed by atoms with Crippen LogP contribution in [0, 0.1) is 0 Å². The Bertz CT molecular complexity index is 772. The van der Waals surface area contributed by atoms with Gasteiger partial charge >= 0.3 is 6.18 Å². The quantitative estimate of drug-likeness (QED) is 0.932. The highest BCUT2D eigenvalue weighted by atomic mass is 19.4. The molecule has 7 heteroatoms. The van der Waals surface area contributed by atoms with Crippen molar-refractivity contribution < 1.29 is 23.1 Å². The summed E-state index contributed by atoms with van der Waals surface area (Å²) in [5.74, 6) is -0.244. The molecule has 1 saturated carbocycles. The lowest BCUT2D eigenvalue weighted by Gasteiger charge is -2.23. The SMILES string of the molecule is CN(CC(O)C(F)(F)F)C(=O)c1cc(C2CC2)nc2ccccc12. The van der Waals surface area contributed by atoms with Gasteiger partial charge in [0.15, 0.2) is 6.10 Å². The minimum atomic E-state index is -4.76. The molecule has 1 fully saturated rings. The Morgan fingerprint density at radius 1 is 1.38 bits per heavy atom. The molecule has 1 N–H and O–H groups in total. The van der Waals surface area contributed by atoms with Crippen molar-refractivity contribution in [2.24, 2.45) is 0 Å². The van der Waals surface area contributed by atoms with E-state index in [0.29, 0.717) is 22.4 Å². The van der Waals surface area contributed by atoms with Crippen molar-refractivity contribution in [3.05, 3.63) is 41.6 Å². The van der Waals surface area contributed by atoms with Crippen LogP contribution in [0.2, 0.25) is 0 Å². The van der Waals surface area contributed by atoms with Gasteiger partial charge in [-0.1, -0.05) is 18.2 Å². The number of aliphatic hydroxyl groups is 1. The molecule has 0 bridgehead atoms. The average Bonchev–Trinajstić information content (AvgIpc) is 3.37. The number of fused-ring (bicyclic) bond motifs is 1. The van der Waals surface area contributed by atoms with Crippen LogP contribution >= 0.6 is 0 Å². The van der Waals surface area contributed by atoms with E-state index >= 15 is 0 Å². The highest BCUT2D eigenvalue weighted by molar-refractivity contribution is 6.06. The molecule has 0 spiro atoms. The van der Waals surface area contributed by atoms with Crippen LogP contribution in [0.25, 0.3) is 10.9 Å². The summed E-state index contributed by atoms with van der Waals surface area (Å²) in [7, 11) is 1.25. The normalized spacial score (nSPS) is 16.2. The van der Waals surface area contributed by atoms with E-state index in [4.69, 9.17) is 0 Å². The maximum atomic E-state index is 12.6. The second-order valence-corrected chi connectivity index (χ2v) is 6.13. The summed E-state index contributed by atoms with van der Waals surface area (Å²) in [5, 5.41) is 9.78. The van der Waals surface area contributed by atoms with Gasteiger partial charge in [-0.2, -0.15) is 13.2 Å². The van der Waals surface area contributed by atoms with Crippen LogP contribution in [-0.2, 0) is 0 Å². The number of hydrogen-bond acceptors (Lipinski definition) is 3. The fraction of sp³-hybridized carbons (Fsp3) is 0.412. The monoisotopic (exact) mass is 338 g/mol. The molecule has 1 aromatic carbocycles. The molecule has 0 saturated heterocycles. The third-order valence-electron chi connectivity index (χ3n) is 4.13. The first-order chi connectivity index (χ1) is 11.3. The zero-order valence-corrected chi connectivity index (χ0v) is 13.0. The Hall–Kier alpha value is -2.15. The number of pyridine rings is 1. The van der Waals surface area contributed by atoms with E-state index in [2.05, 4.69) is 4.98 Å². The zero-order valence-electron chi connectivity index (χ0n) is 13.0. The van der Waals surface area contributed by atoms with Gasteiger partial charge < -0.3 is 10.0 Å². The summed E-state index contributed by atoms with van der Waals surface area (Å²) in [6.45, 7) is -0.808. The van der Waals surface area contributed by atoms with Crippen molar-refractivity contribution in [1.82, 2.24) is 9.88 Å². The standard InChI is InChI=1S/C17H17F3N2O2/c1-22(9-15(23)17(18,19)20)16(24)12-8-14(10-6-7-10)21-13-5-3-2-4-11(12)13/h2-5,8,10,15,23H,6-7,9H2,1H3. The number of rotatable bonds is 4. The van der Waals surface area contributed by atoms with Crippen LogP contribution in [0.1, 0.15) is 34.8 Å². The molecular formula is C17H17F3N2O2. The van der Waals surface area contributed by atoms with Gasteiger partial charge in [0.1, 0.15) is 0 Å². The number of carbonyl (C=O) groups is 1. The largest absolute Gasteiger partial charge is 0.416 e. The van der Waals surface area contributed by atoms with E-state index in [1.54, 1.807) is 30.3 Å². The molecule has 0 aliphatic heterocycles.